The van der Waals surface area contributed by atoms with E-state index in [0.29, 0.717) is 0 Å². The van der Waals surface area contributed by atoms with Gasteiger partial charge in [0.2, 0.25) is 0 Å². The van der Waals surface area contributed by atoms with Gasteiger partial charge >= 0.3 is 0 Å². The summed E-state index contributed by atoms with van der Waals surface area (Å²) in [6.45, 7) is 11.3. The second-order valence-electron chi connectivity index (χ2n) is 7.60. The molecule has 0 aromatic heterocycles. The maximum Gasteiger partial charge on any atom is 0.193 e. The quantitative estimate of drug-likeness (QED) is 0.380. The van der Waals surface area contributed by atoms with Gasteiger partial charge in [-0.15, -0.1) is 24.0 Å². The molecule has 1 heterocycles. The molecule has 2 saturated carbocycles. The van der Waals surface area contributed by atoms with Crippen LogP contribution < -0.4 is 5.32 Å². The van der Waals surface area contributed by atoms with Crippen molar-refractivity contribution in [3.05, 3.63) is 0 Å². The van der Waals surface area contributed by atoms with E-state index in [1.807, 2.05) is 0 Å². The lowest BCUT2D eigenvalue weighted by atomic mass is 10.0. The summed E-state index contributed by atoms with van der Waals surface area (Å²) in [4.78, 5) is 10.1. The Morgan fingerprint density at radius 2 is 2.00 bits per heavy atom. The van der Waals surface area contributed by atoms with Gasteiger partial charge < -0.3 is 10.2 Å². The number of aliphatic imine (C=N–C) groups is 1. The van der Waals surface area contributed by atoms with Crippen molar-refractivity contribution in [2.45, 2.75) is 58.4 Å². The molecular formula is C18H35IN4. The number of halogens is 1. The summed E-state index contributed by atoms with van der Waals surface area (Å²) in [7, 11) is 0. The van der Waals surface area contributed by atoms with E-state index in [2.05, 4.69) is 29.0 Å². The van der Waals surface area contributed by atoms with Gasteiger partial charge in [0.1, 0.15) is 0 Å². The van der Waals surface area contributed by atoms with E-state index < -0.39 is 0 Å². The van der Waals surface area contributed by atoms with Crippen LogP contribution >= 0.6 is 24.0 Å². The summed E-state index contributed by atoms with van der Waals surface area (Å²) in [6, 6.07) is 0.883. The predicted octanol–water partition coefficient (Wildman–Crippen LogP) is 3.18. The highest BCUT2D eigenvalue weighted by atomic mass is 127. The third kappa shape index (κ3) is 6.40. The zero-order valence-corrected chi connectivity index (χ0v) is 17.3. The van der Waals surface area contributed by atoms with E-state index in [4.69, 9.17) is 4.99 Å². The Hall–Kier alpha value is -0.0400. The highest BCUT2D eigenvalue weighted by Gasteiger charge is 2.33. The van der Waals surface area contributed by atoms with Gasteiger partial charge in [-0.2, -0.15) is 0 Å². The normalized spacial score (nSPS) is 25.4. The first-order chi connectivity index (χ1) is 10.8. The first-order valence-electron chi connectivity index (χ1n) is 9.53. The van der Waals surface area contributed by atoms with Crippen LogP contribution in [0.2, 0.25) is 0 Å². The Labute approximate surface area is 159 Å². The molecule has 4 nitrogen and oxygen atoms in total. The molecule has 1 N–H and O–H groups in total. The number of nitrogens with one attached hydrogen (secondary N) is 1. The minimum absolute atomic E-state index is 0. The lowest BCUT2D eigenvalue weighted by Crippen LogP contribution is -2.46. The molecule has 1 unspecified atom stereocenters. The van der Waals surface area contributed by atoms with Crippen molar-refractivity contribution in [1.29, 1.82) is 0 Å². The maximum absolute atomic E-state index is 4.94. The SMILES string of the molecule is CCNC(=NCCN(CC1CC1)C1CC1)N1CCCC(C)C1.I. The first-order valence-corrected chi connectivity index (χ1v) is 9.53. The van der Waals surface area contributed by atoms with E-state index in [1.54, 1.807) is 0 Å². The molecular weight excluding hydrogens is 399 g/mol. The molecule has 3 rings (SSSR count). The Morgan fingerprint density at radius 1 is 1.22 bits per heavy atom. The van der Waals surface area contributed by atoms with Gasteiger partial charge in [0.15, 0.2) is 5.96 Å². The lowest BCUT2D eigenvalue weighted by molar-refractivity contribution is 0.254. The van der Waals surface area contributed by atoms with E-state index in [-0.39, 0.29) is 24.0 Å². The number of piperidine rings is 1. The van der Waals surface area contributed by atoms with Crippen molar-refractivity contribution >= 4 is 29.9 Å². The van der Waals surface area contributed by atoms with Crippen LogP contribution in [0.5, 0.6) is 0 Å². The van der Waals surface area contributed by atoms with Crippen molar-refractivity contribution in [3.63, 3.8) is 0 Å². The smallest absolute Gasteiger partial charge is 0.193 e. The van der Waals surface area contributed by atoms with Crippen molar-refractivity contribution in [1.82, 2.24) is 15.1 Å². The molecule has 0 spiro atoms. The molecule has 2 aliphatic carbocycles. The molecule has 0 amide bonds. The van der Waals surface area contributed by atoms with Gasteiger partial charge in [0.05, 0.1) is 6.54 Å². The second kappa shape index (κ2) is 9.44. The van der Waals surface area contributed by atoms with Crippen molar-refractivity contribution in [2.75, 3.05) is 39.3 Å². The number of nitrogens with zero attached hydrogens (tertiary/aromatic N) is 3. The van der Waals surface area contributed by atoms with E-state index in [1.165, 1.54) is 58.2 Å². The van der Waals surface area contributed by atoms with Gasteiger partial charge in [-0.05, 0) is 57.3 Å². The molecule has 134 valence electrons. The van der Waals surface area contributed by atoms with Crippen molar-refractivity contribution < 1.29 is 0 Å². The van der Waals surface area contributed by atoms with Crippen LogP contribution in [0.25, 0.3) is 0 Å². The fraction of sp³-hybridized carbons (Fsp3) is 0.944. The van der Waals surface area contributed by atoms with Crippen LogP contribution in [0.15, 0.2) is 4.99 Å². The Balaban J connectivity index is 0.00000192. The molecule has 0 aromatic carbocycles. The van der Waals surface area contributed by atoms with Crippen LogP contribution in [0, 0.1) is 11.8 Å². The van der Waals surface area contributed by atoms with Crippen LogP contribution in [-0.4, -0.2) is 61.1 Å². The molecule has 3 fully saturated rings. The molecule has 0 radical (unpaired) electrons. The largest absolute Gasteiger partial charge is 0.357 e. The minimum atomic E-state index is 0. The monoisotopic (exact) mass is 434 g/mol. The molecule has 5 heteroatoms. The molecule has 23 heavy (non-hydrogen) atoms. The van der Waals surface area contributed by atoms with E-state index >= 15 is 0 Å². The molecule has 0 bridgehead atoms. The number of hydrogen-bond acceptors (Lipinski definition) is 2. The summed E-state index contributed by atoms with van der Waals surface area (Å²) in [5, 5.41) is 3.50. The number of guanidine groups is 1. The van der Waals surface area contributed by atoms with E-state index in [0.717, 1.165) is 43.5 Å². The zero-order chi connectivity index (χ0) is 15.4. The van der Waals surface area contributed by atoms with Gasteiger partial charge in [-0.1, -0.05) is 6.92 Å². The summed E-state index contributed by atoms with van der Waals surface area (Å²) in [6.07, 6.45) is 8.43. The third-order valence-corrected chi connectivity index (χ3v) is 5.19. The van der Waals surface area contributed by atoms with Crippen molar-refractivity contribution in [2.24, 2.45) is 16.8 Å². The van der Waals surface area contributed by atoms with Gasteiger partial charge in [-0.25, -0.2) is 0 Å². The Bertz CT molecular complexity index is 379. The predicted molar refractivity (Wildman–Crippen MR) is 109 cm³/mol. The average molecular weight is 434 g/mol. The summed E-state index contributed by atoms with van der Waals surface area (Å²) >= 11 is 0. The average Bonchev–Trinajstić information content (AvgIpc) is 3.37. The van der Waals surface area contributed by atoms with Crippen LogP contribution in [0.4, 0.5) is 0 Å². The summed E-state index contributed by atoms with van der Waals surface area (Å²) in [5.74, 6) is 2.95. The topological polar surface area (TPSA) is 30.9 Å². The number of rotatable bonds is 7. The Morgan fingerprint density at radius 3 is 2.61 bits per heavy atom. The Kier molecular flexibility index (Phi) is 7.92. The molecule has 0 aromatic rings. The molecule has 1 saturated heterocycles. The molecule has 1 aliphatic heterocycles. The van der Waals surface area contributed by atoms with Crippen molar-refractivity contribution in [3.8, 4) is 0 Å². The van der Waals surface area contributed by atoms with Crippen LogP contribution in [0.1, 0.15) is 52.4 Å². The highest BCUT2D eigenvalue weighted by molar-refractivity contribution is 14.0. The maximum atomic E-state index is 4.94. The minimum Gasteiger partial charge on any atom is -0.357 e. The fourth-order valence-corrected chi connectivity index (χ4v) is 3.59. The van der Waals surface area contributed by atoms with Crippen LogP contribution in [0.3, 0.4) is 0 Å². The van der Waals surface area contributed by atoms with Gasteiger partial charge in [0, 0.05) is 38.8 Å². The number of likely N-dealkylation sites (tertiary alicyclic amines) is 1. The lowest BCUT2D eigenvalue weighted by Gasteiger charge is -2.33. The first kappa shape index (κ1) is 19.3. The zero-order valence-electron chi connectivity index (χ0n) is 15.0. The van der Waals surface area contributed by atoms with Gasteiger partial charge in [0.25, 0.3) is 0 Å². The van der Waals surface area contributed by atoms with Crippen LogP contribution in [-0.2, 0) is 0 Å². The van der Waals surface area contributed by atoms with Gasteiger partial charge in [-0.3, -0.25) is 9.89 Å². The summed E-state index contributed by atoms with van der Waals surface area (Å²) < 4.78 is 0. The number of hydrogen-bond donors (Lipinski definition) is 1. The second-order valence-corrected chi connectivity index (χ2v) is 7.60. The highest BCUT2D eigenvalue weighted by Crippen LogP contribution is 2.34. The molecule has 1 atom stereocenters. The standard InChI is InChI=1S/C18H34N4.HI/c1-3-19-18(22-11-4-5-15(2)13-22)20-10-12-21(17-8-9-17)14-16-6-7-16;/h15-17H,3-14H2,1-2H3,(H,19,20);1H. The molecule has 3 aliphatic rings. The summed E-state index contributed by atoms with van der Waals surface area (Å²) in [5.41, 5.74) is 0. The van der Waals surface area contributed by atoms with E-state index in [9.17, 15) is 0 Å². The fourth-order valence-electron chi connectivity index (χ4n) is 3.59. The third-order valence-electron chi connectivity index (χ3n) is 5.19.